The lowest BCUT2D eigenvalue weighted by Gasteiger charge is -2.33. The summed E-state index contributed by atoms with van der Waals surface area (Å²) in [6.07, 6.45) is -3.75. The number of aromatic nitrogens is 2. The molecule has 13 heteroatoms. The van der Waals surface area contributed by atoms with Crippen LogP contribution in [0, 0.1) is 17.1 Å². The summed E-state index contributed by atoms with van der Waals surface area (Å²) < 4.78 is 74.8. The smallest absolute Gasteiger partial charge is 0.322 e. The molecule has 2 aliphatic heterocycles. The van der Waals surface area contributed by atoms with Gasteiger partial charge in [0.1, 0.15) is 29.8 Å². The largest absolute Gasteiger partial charge is 0.386 e. The normalized spacial score (nSPS) is 23.0. The molecule has 0 bridgehead atoms. The van der Waals surface area contributed by atoms with E-state index in [1.54, 1.807) is 13.0 Å². The van der Waals surface area contributed by atoms with Crippen LogP contribution in [0.2, 0.25) is 0 Å². The summed E-state index contributed by atoms with van der Waals surface area (Å²) in [4.78, 5) is 14.3. The number of rotatable bonds is 5. The predicted octanol–water partition coefficient (Wildman–Crippen LogP) is 3.77. The number of alkyl halides is 4. The summed E-state index contributed by atoms with van der Waals surface area (Å²) in [5, 5.41) is 26.7. The fourth-order valence-electron chi connectivity index (χ4n) is 4.60. The zero-order chi connectivity index (χ0) is 26.3. The Morgan fingerprint density at radius 3 is 2.83 bits per heavy atom. The van der Waals surface area contributed by atoms with E-state index in [0.717, 1.165) is 10.7 Å². The number of carbonyl (C=O) groups is 1. The minimum absolute atomic E-state index is 0.155. The maximum Gasteiger partial charge on any atom is 0.322 e. The number of fused-ring (bicyclic) bond motifs is 3. The molecule has 2 N–H and O–H groups in total. The Hall–Kier alpha value is -3.24. The molecule has 0 aliphatic carbocycles. The van der Waals surface area contributed by atoms with Crippen molar-refractivity contribution >= 4 is 11.7 Å². The molecule has 2 aliphatic rings. The number of halogens is 5. The van der Waals surface area contributed by atoms with E-state index < -0.39 is 67.6 Å². The van der Waals surface area contributed by atoms with Gasteiger partial charge in [-0.15, -0.1) is 0 Å². The van der Waals surface area contributed by atoms with Crippen LogP contribution in [-0.4, -0.2) is 57.1 Å². The highest BCUT2D eigenvalue weighted by atomic mass is 19.3. The van der Waals surface area contributed by atoms with Gasteiger partial charge in [-0.3, -0.25) is 4.68 Å². The van der Waals surface area contributed by atoms with Crippen LogP contribution < -0.4 is 5.32 Å². The molecule has 0 saturated carbocycles. The molecule has 0 saturated heterocycles. The highest BCUT2D eigenvalue weighted by Crippen LogP contribution is 2.43. The van der Waals surface area contributed by atoms with E-state index in [4.69, 9.17) is 10.00 Å². The number of urea groups is 1. The molecule has 0 fully saturated rings. The van der Waals surface area contributed by atoms with Crippen LogP contribution in [0.15, 0.2) is 18.2 Å². The maximum atomic E-state index is 15.2. The standard InChI is InChI=1S/C23H24F5N5O3/c1-13-6-18-16(9-32(13)21(34)30-15-2-3-17(24)14(7-15)8-29)20-23(27,28)5-4-22(35,11-33(20)31-18)12-36-10-19(25)26/h2-3,7,13,19,35H,4-6,9-12H2,1H3,(H,30,34). The van der Waals surface area contributed by atoms with E-state index in [2.05, 4.69) is 10.4 Å². The fourth-order valence-corrected chi connectivity index (χ4v) is 4.60. The first-order valence-corrected chi connectivity index (χ1v) is 11.2. The Kier molecular flexibility index (Phi) is 6.94. The highest BCUT2D eigenvalue weighted by molar-refractivity contribution is 5.90. The van der Waals surface area contributed by atoms with E-state index in [0.29, 0.717) is 5.69 Å². The molecule has 2 amide bonds. The van der Waals surface area contributed by atoms with Gasteiger partial charge in [0.05, 0.1) is 31.0 Å². The number of nitriles is 1. The molecule has 3 heterocycles. The second-order valence-corrected chi connectivity index (χ2v) is 9.18. The molecule has 1 aromatic carbocycles. The number of hydrogen-bond acceptors (Lipinski definition) is 5. The number of ether oxygens (including phenoxy) is 1. The molecule has 2 unspecified atom stereocenters. The molecule has 4 rings (SSSR count). The van der Waals surface area contributed by atoms with Crippen LogP contribution in [0.5, 0.6) is 0 Å². The van der Waals surface area contributed by atoms with E-state index in [1.165, 1.54) is 17.0 Å². The number of benzene rings is 1. The van der Waals surface area contributed by atoms with Crippen LogP contribution in [0.4, 0.5) is 32.4 Å². The summed E-state index contributed by atoms with van der Waals surface area (Å²) in [5.74, 6) is -4.13. The van der Waals surface area contributed by atoms with Crippen LogP contribution in [-0.2, 0) is 30.2 Å². The van der Waals surface area contributed by atoms with Gasteiger partial charge in [-0.2, -0.15) is 19.1 Å². The zero-order valence-electron chi connectivity index (χ0n) is 19.3. The molecular weight excluding hydrogens is 489 g/mol. The second kappa shape index (κ2) is 9.67. The van der Waals surface area contributed by atoms with Crippen molar-refractivity contribution in [1.29, 1.82) is 5.26 Å². The Morgan fingerprint density at radius 2 is 2.14 bits per heavy atom. The number of amides is 2. The van der Waals surface area contributed by atoms with Crippen molar-refractivity contribution in [2.24, 2.45) is 0 Å². The highest BCUT2D eigenvalue weighted by Gasteiger charge is 2.48. The lowest BCUT2D eigenvalue weighted by Crippen LogP contribution is -2.45. The number of nitrogens with zero attached hydrogens (tertiary/aromatic N) is 4. The summed E-state index contributed by atoms with van der Waals surface area (Å²) in [6, 6.07) is 4.11. The van der Waals surface area contributed by atoms with Gasteiger partial charge < -0.3 is 20.1 Å². The summed E-state index contributed by atoms with van der Waals surface area (Å²) >= 11 is 0. The van der Waals surface area contributed by atoms with Crippen molar-refractivity contribution in [3.05, 3.63) is 46.5 Å². The SMILES string of the molecule is CC1Cc2nn3c(c2CN1C(=O)Nc1ccc(F)c(C#N)c1)C(F)(F)CCC(O)(COCC(F)F)C3. The Morgan fingerprint density at radius 1 is 1.39 bits per heavy atom. The number of aliphatic hydroxyl groups is 1. The van der Waals surface area contributed by atoms with Gasteiger partial charge in [0, 0.05) is 30.1 Å². The van der Waals surface area contributed by atoms with Gasteiger partial charge in [0.25, 0.3) is 12.3 Å². The van der Waals surface area contributed by atoms with Crippen LogP contribution >= 0.6 is 0 Å². The quantitative estimate of drug-likeness (QED) is 0.593. The second-order valence-electron chi connectivity index (χ2n) is 9.18. The van der Waals surface area contributed by atoms with Crippen molar-refractivity contribution in [2.45, 2.75) is 63.3 Å². The van der Waals surface area contributed by atoms with Crippen molar-refractivity contribution in [3.63, 3.8) is 0 Å². The van der Waals surface area contributed by atoms with Gasteiger partial charge in [-0.05, 0) is 31.5 Å². The lowest BCUT2D eigenvalue weighted by molar-refractivity contribution is -0.0927. The average Bonchev–Trinajstić information content (AvgIpc) is 3.10. The first-order valence-electron chi connectivity index (χ1n) is 11.2. The topological polar surface area (TPSA) is 103 Å². The molecule has 0 spiro atoms. The molecule has 2 atom stereocenters. The fraction of sp³-hybridized carbons (Fsp3) is 0.522. The van der Waals surface area contributed by atoms with E-state index in [9.17, 15) is 23.1 Å². The van der Waals surface area contributed by atoms with Gasteiger partial charge >= 0.3 is 6.03 Å². The van der Waals surface area contributed by atoms with Crippen molar-refractivity contribution < 1.29 is 36.6 Å². The third-order valence-electron chi connectivity index (χ3n) is 6.39. The molecule has 8 nitrogen and oxygen atoms in total. The monoisotopic (exact) mass is 513 g/mol. The Bertz CT molecular complexity index is 1200. The minimum Gasteiger partial charge on any atom is -0.386 e. The molecule has 194 valence electrons. The maximum absolute atomic E-state index is 15.2. The van der Waals surface area contributed by atoms with E-state index >= 15 is 8.78 Å². The first kappa shape index (κ1) is 25.8. The Labute approximate surface area is 203 Å². The van der Waals surface area contributed by atoms with Gasteiger partial charge in [0.15, 0.2) is 0 Å². The van der Waals surface area contributed by atoms with Gasteiger partial charge in [-0.25, -0.2) is 18.0 Å². The average molecular weight is 513 g/mol. The number of hydrogen-bond donors (Lipinski definition) is 2. The molecule has 1 aromatic heterocycles. The molecular formula is C23H24F5N5O3. The number of anilines is 1. The van der Waals surface area contributed by atoms with E-state index in [1.807, 2.05) is 0 Å². The van der Waals surface area contributed by atoms with Crippen LogP contribution in [0.1, 0.15) is 42.3 Å². The third-order valence-corrected chi connectivity index (χ3v) is 6.39. The van der Waals surface area contributed by atoms with E-state index in [-0.39, 0.29) is 36.3 Å². The van der Waals surface area contributed by atoms with Crippen molar-refractivity contribution in [2.75, 3.05) is 18.5 Å². The number of carbonyl (C=O) groups excluding carboxylic acids is 1. The lowest BCUT2D eigenvalue weighted by atomic mass is 9.94. The van der Waals surface area contributed by atoms with Crippen LogP contribution in [0.25, 0.3) is 0 Å². The first-order chi connectivity index (χ1) is 16.9. The zero-order valence-corrected chi connectivity index (χ0v) is 19.3. The van der Waals surface area contributed by atoms with Crippen LogP contribution in [0.3, 0.4) is 0 Å². The minimum atomic E-state index is -3.39. The molecule has 0 radical (unpaired) electrons. The summed E-state index contributed by atoms with van der Waals surface area (Å²) in [5.41, 5.74) is -1.82. The number of nitrogens with one attached hydrogen (secondary N) is 1. The predicted molar refractivity (Wildman–Crippen MR) is 116 cm³/mol. The Balaban J connectivity index is 1.58. The third kappa shape index (κ3) is 5.15. The summed E-state index contributed by atoms with van der Waals surface area (Å²) in [7, 11) is 0. The van der Waals surface area contributed by atoms with Gasteiger partial charge in [0.2, 0.25) is 0 Å². The summed E-state index contributed by atoms with van der Waals surface area (Å²) in [6.45, 7) is -0.330. The molecule has 36 heavy (non-hydrogen) atoms. The van der Waals surface area contributed by atoms with Gasteiger partial charge in [-0.1, -0.05) is 0 Å². The van der Waals surface area contributed by atoms with Crippen molar-refractivity contribution in [3.8, 4) is 6.07 Å². The van der Waals surface area contributed by atoms with Crippen molar-refractivity contribution in [1.82, 2.24) is 14.7 Å². The molecule has 2 aromatic rings.